The van der Waals surface area contributed by atoms with E-state index in [1.165, 1.54) is 16.7 Å². The summed E-state index contributed by atoms with van der Waals surface area (Å²) in [7, 11) is 0. The molecule has 3 atom stereocenters. The van der Waals surface area contributed by atoms with Gasteiger partial charge in [0.05, 0.1) is 23.3 Å². The van der Waals surface area contributed by atoms with Gasteiger partial charge in [-0.3, -0.25) is 9.79 Å². The third kappa shape index (κ3) is 3.45. The van der Waals surface area contributed by atoms with Gasteiger partial charge in [-0.1, -0.05) is 71.8 Å². The van der Waals surface area contributed by atoms with Crippen molar-refractivity contribution >= 4 is 22.9 Å². The Morgan fingerprint density at radius 3 is 2.13 bits per heavy atom. The summed E-state index contributed by atoms with van der Waals surface area (Å²) in [5.41, 5.74) is 7.73. The molecule has 1 aliphatic heterocycles. The normalized spacial score (nSPS) is 22.9. The number of nitrogens with one attached hydrogen (secondary N) is 1. The number of para-hydroxylation sites is 2. The number of rotatable bonds is 2. The van der Waals surface area contributed by atoms with Gasteiger partial charge in [0.15, 0.2) is 0 Å². The molecule has 3 aromatic rings. The standard InChI is InChI=1S/C27H26N2O/c1-17-7-11-19(12-8-17)21-15-24-26(25(30)16-21)27(20-13-9-18(2)10-14-20)29-23-6-4-3-5-22(23)28-24/h3-14,21,26-27,29H,15-16H2,1-2H3/t21-,26?,27+/m0/s1. The fourth-order valence-corrected chi connectivity index (χ4v) is 4.72. The van der Waals surface area contributed by atoms with Crippen molar-refractivity contribution in [1.29, 1.82) is 0 Å². The quantitative estimate of drug-likeness (QED) is 0.554. The van der Waals surface area contributed by atoms with Crippen LogP contribution in [0.15, 0.2) is 77.8 Å². The number of ketones is 1. The monoisotopic (exact) mass is 394 g/mol. The fraction of sp³-hybridized carbons (Fsp3) is 0.259. The molecular weight excluding hydrogens is 368 g/mol. The average Bonchev–Trinajstić information content (AvgIpc) is 2.91. The van der Waals surface area contributed by atoms with Crippen LogP contribution < -0.4 is 5.32 Å². The number of fused-ring (bicyclic) bond motifs is 2. The highest BCUT2D eigenvalue weighted by Gasteiger charge is 2.41. The second-order valence-electron chi connectivity index (χ2n) is 8.61. The molecule has 1 N–H and O–H groups in total. The van der Waals surface area contributed by atoms with Crippen molar-refractivity contribution in [3.8, 4) is 0 Å². The molecule has 2 aliphatic rings. The summed E-state index contributed by atoms with van der Waals surface area (Å²) in [6, 6.07) is 25.1. The van der Waals surface area contributed by atoms with Gasteiger partial charge in [-0.05, 0) is 49.4 Å². The van der Waals surface area contributed by atoms with Crippen molar-refractivity contribution in [3.63, 3.8) is 0 Å². The summed E-state index contributed by atoms with van der Waals surface area (Å²) in [5.74, 6) is 0.232. The van der Waals surface area contributed by atoms with Crippen LogP contribution in [0.1, 0.15) is 47.1 Å². The van der Waals surface area contributed by atoms with Gasteiger partial charge in [-0.15, -0.1) is 0 Å². The maximum Gasteiger partial charge on any atom is 0.144 e. The number of anilines is 1. The van der Waals surface area contributed by atoms with Crippen LogP contribution in [0.5, 0.6) is 0 Å². The van der Waals surface area contributed by atoms with Crippen LogP contribution in [-0.2, 0) is 4.79 Å². The Bertz CT molecular complexity index is 1110. The average molecular weight is 395 g/mol. The van der Waals surface area contributed by atoms with Gasteiger partial charge in [0.25, 0.3) is 0 Å². The van der Waals surface area contributed by atoms with Gasteiger partial charge >= 0.3 is 0 Å². The predicted octanol–water partition coefficient (Wildman–Crippen LogP) is 6.31. The maximum absolute atomic E-state index is 13.5. The van der Waals surface area contributed by atoms with Crippen molar-refractivity contribution in [3.05, 3.63) is 95.1 Å². The molecule has 1 aliphatic carbocycles. The van der Waals surface area contributed by atoms with E-state index in [2.05, 4.69) is 73.8 Å². The first-order chi connectivity index (χ1) is 14.6. The molecule has 0 radical (unpaired) electrons. The Labute approximate surface area is 177 Å². The summed E-state index contributed by atoms with van der Waals surface area (Å²) < 4.78 is 0. The molecule has 3 heteroatoms. The van der Waals surface area contributed by atoms with E-state index in [9.17, 15) is 4.79 Å². The van der Waals surface area contributed by atoms with Crippen LogP contribution in [0.2, 0.25) is 0 Å². The van der Waals surface area contributed by atoms with E-state index in [0.29, 0.717) is 6.42 Å². The topological polar surface area (TPSA) is 41.5 Å². The second-order valence-corrected chi connectivity index (χ2v) is 8.61. The molecular formula is C27H26N2O. The Morgan fingerprint density at radius 1 is 0.800 bits per heavy atom. The molecule has 0 amide bonds. The molecule has 0 spiro atoms. The highest BCUT2D eigenvalue weighted by atomic mass is 16.1. The SMILES string of the molecule is Cc1ccc([C@@H]2CC(=O)C3C(=Nc4ccccc4N[C@@H]3c3ccc(C)cc3)C2)cc1. The lowest BCUT2D eigenvalue weighted by atomic mass is 9.72. The Morgan fingerprint density at radius 2 is 1.43 bits per heavy atom. The lowest BCUT2D eigenvalue weighted by Crippen LogP contribution is -2.38. The van der Waals surface area contributed by atoms with Crippen molar-refractivity contribution in [2.45, 2.75) is 38.6 Å². The Balaban J connectivity index is 1.58. The molecule has 0 saturated heterocycles. The lowest BCUT2D eigenvalue weighted by Gasteiger charge is -2.34. The highest BCUT2D eigenvalue weighted by Crippen LogP contribution is 2.43. The molecule has 30 heavy (non-hydrogen) atoms. The Hall–Kier alpha value is -3.20. The van der Waals surface area contributed by atoms with E-state index < -0.39 is 0 Å². The van der Waals surface area contributed by atoms with Crippen LogP contribution in [0.25, 0.3) is 0 Å². The van der Waals surface area contributed by atoms with Crippen LogP contribution in [0.3, 0.4) is 0 Å². The maximum atomic E-state index is 13.5. The molecule has 1 heterocycles. The second kappa shape index (κ2) is 7.56. The minimum absolute atomic E-state index is 0.0977. The number of Topliss-reactive ketones (excluding diaryl/α,β-unsaturated/α-hetero) is 1. The van der Waals surface area contributed by atoms with Gasteiger partial charge in [-0.25, -0.2) is 0 Å². The fourth-order valence-electron chi connectivity index (χ4n) is 4.72. The van der Waals surface area contributed by atoms with Gasteiger partial charge in [0.1, 0.15) is 5.78 Å². The van der Waals surface area contributed by atoms with Crippen LogP contribution in [0, 0.1) is 19.8 Å². The van der Waals surface area contributed by atoms with E-state index in [1.54, 1.807) is 0 Å². The lowest BCUT2D eigenvalue weighted by molar-refractivity contribution is -0.122. The molecule has 1 saturated carbocycles. The molecule has 1 unspecified atom stereocenters. The summed E-state index contributed by atoms with van der Waals surface area (Å²) in [5, 5.41) is 3.65. The van der Waals surface area contributed by atoms with E-state index >= 15 is 0 Å². The van der Waals surface area contributed by atoms with E-state index in [4.69, 9.17) is 4.99 Å². The first kappa shape index (κ1) is 18.8. The number of carbonyl (C=O) groups is 1. The molecule has 3 nitrogen and oxygen atoms in total. The number of aliphatic imine (C=N–C) groups is 1. The zero-order chi connectivity index (χ0) is 20.7. The van der Waals surface area contributed by atoms with Gasteiger partial charge < -0.3 is 5.32 Å². The summed E-state index contributed by atoms with van der Waals surface area (Å²) in [6.45, 7) is 4.18. The third-order valence-corrected chi connectivity index (χ3v) is 6.41. The largest absolute Gasteiger partial charge is 0.375 e. The molecule has 150 valence electrons. The van der Waals surface area contributed by atoms with Crippen LogP contribution in [0.4, 0.5) is 11.4 Å². The summed E-state index contributed by atoms with van der Waals surface area (Å²) in [6.07, 6.45) is 1.38. The molecule has 3 aromatic carbocycles. The molecule has 0 aromatic heterocycles. The zero-order valence-corrected chi connectivity index (χ0v) is 17.4. The van der Waals surface area contributed by atoms with E-state index in [0.717, 1.165) is 29.1 Å². The molecule has 5 rings (SSSR count). The number of aryl methyl sites for hydroxylation is 2. The number of hydrogen-bond donors (Lipinski definition) is 1. The number of hydrogen-bond acceptors (Lipinski definition) is 3. The summed E-state index contributed by atoms with van der Waals surface area (Å²) in [4.78, 5) is 18.5. The van der Waals surface area contributed by atoms with Gasteiger partial charge in [0.2, 0.25) is 0 Å². The minimum atomic E-state index is -0.234. The van der Waals surface area contributed by atoms with E-state index in [1.807, 2.05) is 18.2 Å². The predicted molar refractivity (Wildman–Crippen MR) is 123 cm³/mol. The molecule has 0 bridgehead atoms. The third-order valence-electron chi connectivity index (χ3n) is 6.41. The van der Waals surface area contributed by atoms with Crippen LogP contribution in [-0.4, -0.2) is 11.5 Å². The van der Waals surface area contributed by atoms with Crippen LogP contribution >= 0.6 is 0 Å². The number of nitrogens with zero attached hydrogens (tertiary/aromatic N) is 1. The molecule has 1 fully saturated rings. The zero-order valence-electron chi connectivity index (χ0n) is 17.4. The minimum Gasteiger partial charge on any atom is -0.375 e. The highest BCUT2D eigenvalue weighted by molar-refractivity contribution is 6.10. The smallest absolute Gasteiger partial charge is 0.144 e. The van der Waals surface area contributed by atoms with E-state index in [-0.39, 0.29) is 23.7 Å². The number of benzene rings is 3. The van der Waals surface area contributed by atoms with Crippen molar-refractivity contribution < 1.29 is 4.79 Å². The summed E-state index contributed by atoms with van der Waals surface area (Å²) >= 11 is 0. The Kier molecular flexibility index (Phi) is 4.74. The first-order valence-electron chi connectivity index (χ1n) is 10.7. The first-order valence-corrected chi connectivity index (χ1v) is 10.7. The van der Waals surface area contributed by atoms with Crippen molar-refractivity contribution in [2.24, 2.45) is 10.9 Å². The van der Waals surface area contributed by atoms with Crippen molar-refractivity contribution in [1.82, 2.24) is 0 Å². The van der Waals surface area contributed by atoms with Gasteiger partial charge in [0, 0.05) is 12.1 Å². The van der Waals surface area contributed by atoms with Gasteiger partial charge in [-0.2, -0.15) is 0 Å². The number of carbonyl (C=O) groups excluding carboxylic acids is 1. The van der Waals surface area contributed by atoms with Crippen molar-refractivity contribution in [2.75, 3.05) is 5.32 Å².